The van der Waals surface area contributed by atoms with Crippen LogP contribution in [0.5, 0.6) is 0 Å². The third-order valence-corrected chi connectivity index (χ3v) is 9.78. The van der Waals surface area contributed by atoms with E-state index in [0.717, 1.165) is 37.7 Å². The van der Waals surface area contributed by atoms with Crippen LogP contribution in [0.15, 0.2) is 55.6 Å². The highest BCUT2D eigenvalue weighted by Crippen LogP contribution is 2.58. The number of aliphatic hydroxyl groups is 1. The van der Waals surface area contributed by atoms with E-state index >= 15 is 0 Å². The number of β-amino-alcohol motifs (C(OH)–C–C–N with tert-alkyl or cyclic N) is 1. The van der Waals surface area contributed by atoms with Gasteiger partial charge in [0.2, 0.25) is 17.7 Å². The summed E-state index contributed by atoms with van der Waals surface area (Å²) < 4.78 is 12.1. The smallest absolute Gasteiger partial charge is 0.306 e. The number of carbonyl (C=O) groups is 4. The summed E-state index contributed by atoms with van der Waals surface area (Å²) in [4.78, 5) is 58.2. The monoisotopic (exact) mass is 607 g/mol. The largest absolute Gasteiger partial charge is 0.463 e. The van der Waals surface area contributed by atoms with E-state index in [1.165, 1.54) is 4.90 Å². The molecule has 1 aromatic rings. The number of likely N-dealkylation sites (tertiary alicyclic amines) is 1. The number of rotatable bonds is 14. The first-order valence-electron chi connectivity index (χ1n) is 16.0. The maximum Gasteiger partial charge on any atom is 0.306 e. The number of esters is 1. The Kier molecular flexibility index (Phi) is 10.2. The lowest BCUT2D eigenvalue weighted by Crippen LogP contribution is -2.58. The second-order valence-corrected chi connectivity index (χ2v) is 12.4. The van der Waals surface area contributed by atoms with Crippen molar-refractivity contribution in [3.63, 3.8) is 0 Å². The van der Waals surface area contributed by atoms with Crippen molar-refractivity contribution >= 4 is 23.7 Å². The Labute approximate surface area is 259 Å². The molecule has 1 spiro atoms. The summed E-state index contributed by atoms with van der Waals surface area (Å²) in [6.07, 6.45) is 9.53. The average Bonchev–Trinajstić information content (AvgIpc) is 3.69. The molecule has 0 unspecified atom stereocenters. The number of hydrogen-bond donors (Lipinski definition) is 2. The third kappa shape index (κ3) is 6.06. The van der Waals surface area contributed by atoms with Gasteiger partial charge in [0.1, 0.15) is 18.2 Å². The summed E-state index contributed by atoms with van der Waals surface area (Å²) >= 11 is 0. The molecule has 0 aromatic heterocycles. The molecule has 3 saturated heterocycles. The summed E-state index contributed by atoms with van der Waals surface area (Å²) in [5.74, 6) is -2.98. The molecule has 2 N–H and O–H groups in total. The van der Waals surface area contributed by atoms with E-state index in [0.29, 0.717) is 25.8 Å². The van der Waals surface area contributed by atoms with Crippen LogP contribution in [0.25, 0.3) is 0 Å². The summed E-state index contributed by atoms with van der Waals surface area (Å²) in [5.41, 5.74) is -0.389. The zero-order valence-corrected chi connectivity index (χ0v) is 25.4. The van der Waals surface area contributed by atoms with Crippen LogP contribution in [-0.2, 0) is 28.7 Å². The predicted molar refractivity (Wildman–Crippen MR) is 163 cm³/mol. The standard InChI is InChI=1S/C34H45N3O7/c1-3-5-16-27(39)43-22-25(23-12-8-6-9-13-23)35-31(40)28-26-17-18-34(44-26)29(28)32(41)37(20-21-38)30(34)33(42)36(19-4-2)24-14-10-7-11-15-24/h3-4,6,8-9,12-13,24-26,28-30,38H,1-2,5,7,10-11,14-22H2,(H,35,40)/t25-,26-,28+,29+,30-,34+/m1/s1. The zero-order valence-electron chi connectivity index (χ0n) is 25.4. The first-order valence-corrected chi connectivity index (χ1v) is 16.0. The molecule has 1 aromatic carbocycles. The number of benzene rings is 1. The molecule has 6 atom stereocenters. The highest BCUT2D eigenvalue weighted by molar-refractivity contribution is 5.99. The number of ether oxygens (including phenoxy) is 2. The number of nitrogens with zero attached hydrogens (tertiary/aromatic N) is 2. The van der Waals surface area contributed by atoms with Crippen LogP contribution in [0.1, 0.15) is 69.4 Å². The fraction of sp³-hybridized carbons (Fsp3) is 0.588. The molecule has 10 heteroatoms. The Balaban J connectivity index is 1.40. The highest BCUT2D eigenvalue weighted by atomic mass is 16.5. The van der Waals surface area contributed by atoms with Gasteiger partial charge in [-0.2, -0.15) is 0 Å². The first-order chi connectivity index (χ1) is 21.4. The number of fused-ring (bicyclic) bond motifs is 1. The van der Waals surface area contributed by atoms with Gasteiger partial charge < -0.3 is 29.7 Å². The van der Waals surface area contributed by atoms with Crippen LogP contribution in [0.3, 0.4) is 0 Å². The van der Waals surface area contributed by atoms with Gasteiger partial charge in [-0.25, -0.2) is 0 Å². The van der Waals surface area contributed by atoms with E-state index in [1.807, 2.05) is 35.2 Å². The zero-order chi connectivity index (χ0) is 31.3. The average molecular weight is 608 g/mol. The number of amides is 3. The van der Waals surface area contributed by atoms with Crippen molar-refractivity contribution in [1.29, 1.82) is 0 Å². The van der Waals surface area contributed by atoms with Crippen molar-refractivity contribution in [3.05, 3.63) is 61.2 Å². The number of hydrogen-bond acceptors (Lipinski definition) is 7. The number of carbonyl (C=O) groups excluding carboxylic acids is 4. The van der Waals surface area contributed by atoms with E-state index in [9.17, 15) is 24.3 Å². The molecule has 3 heterocycles. The Bertz CT molecular complexity index is 1230. The van der Waals surface area contributed by atoms with E-state index in [4.69, 9.17) is 9.47 Å². The third-order valence-electron chi connectivity index (χ3n) is 9.78. The van der Waals surface area contributed by atoms with Crippen LogP contribution < -0.4 is 5.32 Å². The van der Waals surface area contributed by atoms with Crippen LogP contribution >= 0.6 is 0 Å². The van der Waals surface area contributed by atoms with Gasteiger partial charge in [0.25, 0.3) is 0 Å². The molecule has 10 nitrogen and oxygen atoms in total. The Hall–Kier alpha value is -3.50. The molecule has 4 fully saturated rings. The van der Waals surface area contributed by atoms with Crippen molar-refractivity contribution < 1.29 is 33.8 Å². The van der Waals surface area contributed by atoms with Crippen LogP contribution in [0.4, 0.5) is 0 Å². The van der Waals surface area contributed by atoms with Crippen LogP contribution in [0, 0.1) is 11.8 Å². The number of aliphatic hydroxyl groups excluding tert-OH is 1. The van der Waals surface area contributed by atoms with Crippen molar-refractivity contribution in [3.8, 4) is 0 Å². The van der Waals surface area contributed by atoms with E-state index in [1.54, 1.807) is 12.2 Å². The number of nitrogens with one attached hydrogen (secondary N) is 1. The molecule has 3 amide bonds. The van der Waals surface area contributed by atoms with Gasteiger partial charge in [-0.1, -0.05) is 61.7 Å². The lowest BCUT2D eigenvalue weighted by Gasteiger charge is -2.40. The van der Waals surface area contributed by atoms with Gasteiger partial charge in [-0.05, 0) is 37.7 Å². The molecule has 1 saturated carbocycles. The maximum atomic E-state index is 14.4. The molecule has 0 radical (unpaired) electrons. The van der Waals surface area contributed by atoms with E-state index in [2.05, 4.69) is 18.5 Å². The molecule has 3 aliphatic heterocycles. The minimum atomic E-state index is -1.15. The quantitative estimate of drug-likeness (QED) is 0.246. The molecular formula is C34H45N3O7. The highest BCUT2D eigenvalue weighted by Gasteiger charge is 2.74. The molecule has 2 bridgehead atoms. The summed E-state index contributed by atoms with van der Waals surface area (Å²) in [6.45, 7) is 7.48. The Morgan fingerprint density at radius 2 is 1.89 bits per heavy atom. The van der Waals surface area contributed by atoms with Crippen molar-refractivity contribution in [1.82, 2.24) is 15.1 Å². The molecule has 44 heavy (non-hydrogen) atoms. The lowest BCUT2D eigenvalue weighted by molar-refractivity contribution is -0.150. The Morgan fingerprint density at radius 1 is 1.14 bits per heavy atom. The van der Waals surface area contributed by atoms with Crippen molar-refractivity contribution in [2.75, 3.05) is 26.3 Å². The summed E-state index contributed by atoms with van der Waals surface area (Å²) in [7, 11) is 0. The molecule has 5 rings (SSSR count). The van der Waals surface area contributed by atoms with Crippen molar-refractivity contribution in [2.45, 2.75) is 87.6 Å². The number of allylic oxidation sites excluding steroid dienone is 1. The van der Waals surface area contributed by atoms with Gasteiger partial charge in [0, 0.05) is 25.6 Å². The molecule has 238 valence electrons. The predicted octanol–water partition coefficient (Wildman–Crippen LogP) is 3.07. The second kappa shape index (κ2) is 14.1. The van der Waals surface area contributed by atoms with Gasteiger partial charge in [0.15, 0.2) is 0 Å². The SMILES string of the molecule is C=CCCC(=O)OC[C@@H](NC(=O)[C@@H]1[C@H]2C(=O)N(CCO)[C@H](C(=O)N(CC=C)C3CCCCC3)[C@]23CC[C@H]1O3)c1ccccc1. The fourth-order valence-electron chi connectivity index (χ4n) is 7.83. The van der Waals surface area contributed by atoms with E-state index in [-0.39, 0.29) is 49.9 Å². The van der Waals surface area contributed by atoms with Crippen LogP contribution in [-0.4, -0.2) is 88.7 Å². The molecular weight excluding hydrogens is 562 g/mol. The topological polar surface area (TPSA) is 125 Å². The molecule has 4 aliphatic rings. The molecule has 1 aliphatic carbocycles. The lowest BCUT2D eigenvalue weighted by atomic mass is 9.70. The van der Waals surface area contributed by atoms with Gasteiger partial charge >= 0.3 is 5.97 Å². The van der Waals surface area contributed by atoms with E-state index < -0.39 is 41.6 Å². The minimum Gasteiger partial charge on any atom is -0.463 e. The normalized spacial score (nSPS) is 28.3. The second-order valence-electron chi connectivity index (χ2n) is 12.4. The van der Waals surface area contributed by atoms with Crippen LogP contribution in [0.2, 0.25) is 0 Å². The van der Waals surface area contributed by atoms with Gasteiger partial charge in [-0.3, -0.25) is 19.2 Å². The maximum absolute atomic E-state index is 14.4. The minimum absolute atomic E-state index is 0.0181. The van der Waals surface area contributed by atoms with Crippen molar-refractivity contribution in [2.24, 2.45) is 11.8 Å². The van der Waals surface area contributed by atoms with Gasteiger partial charge in [-0.15, -0.1) is 13.2 Å². The first kappa shape index (κ1) is 31.9. The Morgan fingerprint density at radius 3 is 2.57 bits per heavy atom. The van der Waals surface area contributed by atoms with Gasteiger partial charge in [0.05, 0.1) is 30.6 Å². The summed E-state index contributed by atoms with van der Waals surface area (Å²) in [6, 6.07) is 7.73. The fourth-order valence-corrected chi connectivity index (χ4v) is 7.83. The summed E-state index contributed by atoms with van der Waals surface area (Å²) in [5, 5.41) is 13.0.